The summed E-state index contributed by atoms with van der Waals surface area (Å²) < 4.78 is 0. The normalized spacial score (nSPS) is 12.3. The van der Waals surface area contributed by atoms with Gasteiger partial charge in [-0.25, -0.2) is 0 Å². The van der Waals surface area contributed by atoms with Crippen LogP contribution in [0.1, 0.15) is 50.5 Å². The highest BCUT2D eigenvalue weighted by molar-refractivity contribution is 5.82. The number of phenols is 2. The molecule has 1 rings (SSSR count). The third-order valence-electron chi connectivity index (χ3n) is 3.09. The summed E-state index contributed by atoms with van der Waals surface area (Å²) in [6.07, 6.45) is 4.97. The molecule has 0 saturated heterocycles. The van der Waals surface area contributed by atoms with Crippen LogP contribution in [0.25, 0.3) is 0 Å². The summed E-state index contributed by atoms with van der Waals surface area (Å²) in [4.78, 5) is 11.4. The van der Waals surface area contributed by atoms with Crippen molar-refractivity contribution in [3.8, 4) is 11.5 Å². The molecule has 0 aliphatic heterocycles. The first-order chi connectivity index (χ1) is 8.56. The maximum atomic E-state index is 11.4. The van der Waals surface area contributed by atoms with E-state index in [1.54, 1.807) is 6.07 Å². The predicted octanol–water partition coefficient (Wildman–Crippen LogP) is 2.64. The number of benzene rings is 1. The van der Waals surface area contributed by atoms with Crippen molar-refractivity contribution in [2.24, 2.45) is 5.73 Å². The van der Waals surface area contributed by atoms with Crippen LogP contribution in [0.3, 0.4) is 0 Å². The summed E-state index contributed by atoms with van der Waals surface area (Å²) in [7, 11) is 0. The lowest BCUT2D eigenvalue weighted by Crippen LogP contribution is -2.21. The second-order valence-electron chi connectivity index (χ2n) is 4.55. The van der Waals surface area contributed by atoms with Crippen molar-refractivity contribution in [2.75, 3.05) is 0 Å². The number of amides is 1. The lowest BCUT2D eigenvalue weighted by Gasteiger charge is -2.14. The molecule has 1 unspecified atom stereocenters. The van der Waals surface area contributed by atoms with Crippen LogP contribution in [0.2, 0.25) is 0 Å². The van der Waals surface area contributed by atoms with E-state index in [9.17, 15) is 15.0 Å². The molecule has 0 aliphatic carbocycles. The van der Waals surface area contributed by atoms with Crippen LogP contribution >= 0.6 is 0 Å². The fourth-order valence-electron chi connectivity index (χ4n) is 2.01. The van der Waals surface area contributed by atoms with Crippen LogP contribution in [0.5, 0.6) is 11.5 Å². The maximum Gasteiger partial charge on any atom is 0.224 e. The van der Waals surface area contributed by atoms with E-state index in [-0.39, 0.29) is 11.5 Å². The first-order valence-electron chi connectivity index (χ1n) is 6.37. The monoisotopic (exact) mass is 251 g/mol. The number of aromatic hydroxyl groups is 2. The van der Waals surface area contributed by atoms with Gasteiger partial charge < -0.3 is 15.9 Å². The highest BCUT2D eigenvalue weighted by atomic mass is 16.3. The Bertz CT molecular complexity index is 404. The lowest BCUT2D eigenvalue weighted by molar-refractivity contribution is -0.119. The third-order valence-corrected chi connectivity index (χ3v) is 3.09. The van der Waals surface area contributed by atoms with Crippen LogP contribution in [0.15, 0.2) is 18.2 Å². The number of hydrogen-bond donors (Lipinski definition) is 3. The molecule has 0 heterocycles. The fraction of sp³-hybridized carbons (Fsp3) is 0.500. The predicted molar refractivity (Wildman–Crippen MR) is 70.5 cm³/mol. The van der Waals surface area contributed by atoms with Crippen molar-refractivity contribution < 1.29 is 15.0 Å². The minimum Gasteiger partial charge on any atom is -0.504 e. The molecule has 1 amide bonds. The third kappa shape index (κ3) is 3.95. The second-order valence-corrected chi connectivity index (χ2v) is 4.55. The summed E-state index contributed by atoms with van der Waals surface area (Å²) in [5.41, 5.74) is 6.05. The van der Waals surface area contributed by atoms with Gasteiger partial charge in [-0.3, -0.25) is 4.79 Å². The van der Waals surface area contributed by atoms with Gasteiger partial charge in [0, 0.05) is 0 Å². The van der Waals surface area contributed by atoms with Crippen molar-refractivity contribution >= 4 is 5.91 Å². The number of phenolic OH excluding ortho intramolecular Hbond substituents is 2. The van der Waals surface area contributed by atoms with Crippen molar-refractivity contribution in [1.29, 1.82) is 0 Å². The quantitative estimate of drug-likeness (QED) is 0.514. The molecule has 0 fully saturated rings. The minimum atomic E-state index is -0.395. The van der Waals surface area contributed by atoms with E-state index in [1.807, 2.05) is 0 Å². The van der Waals surface area contributed by atoms with Crippen molar-refractivity contribution in [3.05, 3.63) is 23.8 Å². The van der Waals surface area contributed by atoms with Gasteiger partial charge in [0.1, 0.15) is 0 Å². The maximum absolute atomic E-state index is 11.4. The Labute approximate surface area is 107 Å². The largest absolute Gasteiger partial charge is 0.504 e. The zero-order valence-corrected chi connectivity index (χ0v) is 10.7. The minimum absolute atomic E-state index is 0.187. The number of primary amides is 1. The Morgan fingerprint density at radius 1 is 1.22 bits per heavy atom. The Balaban J connectivity index is 2.71. The van der Waals surface area contributed by atoms with Crippen LogP contribution in [-0.2, 0) is 4.79 Å². The van der Waals surface area contributed by atoms with E-state index >= 15 is 0 Å². The summed E-state index contributed by atoms with van der Waals surface area (Å²) in [6, 6.07) is 4.42. The molecule has 1 atom stereocenters. The highest BCUT2D eigenvalue weighted by Crippen LogP contribution is 2.30. The summed E-state index contributed by atoms with van der Waals surface area (Å²) in [5.74, 6) is -1.19. The Hall–Kier alpha value is -1.71. The van der Waals surface area contributed by atoms with Gasteiger partial charge in [0.25, 0.3) is 0 Å². The molecule has 1 aromatic rings. The summed E-state index contributed by atoms with van der Waals surface area (Å²) in [6.45, 7) is 2.13. The van der Waals surface area contributed by atoms with Gasteiger partial charge >= 0.3 is 0 Å². The van der Waals surface area contributed by atoms with Gasteiger partial charge in [-0.1, -0.05) is 38.7 Å². The van der Waals surface area contributed by atoms with E-state index in [4.69, 9.17) is 5.73 Å². The number of rotatable bonds is 7. The summed E-state index contributed by atoms with van der Waals surface area (Å²) in [5, 5.41) is 18.7. The second kappa shape index (κ2) is 6.89. The van der Waals surface area contributed by atoms with Gasteiger partial charge in [-0.2, -0.15) is 0 Å². The van der Waals surface area contributed by atoms with Gasteiger partial charge in [0.2, 0.25) is 5.91 Å². The number of unbranched alkanes of at least 4 members (excludes halogenated alkanes) is 3. The molecule has 0 aliphatic rings. The Morgan fingerprint density at radius 3 is 2.50 bits per heavy atom. The van der Waals surface area contributed by atoms with E-state index in [0.29, 0.717) is 12.0 Å². The van der Waals surface area contributed by atoms with Crippen molar-refractivity contribution in [2.45, 2.75) is 44.9 Å². The zero-order valence-electron chi connectivity index (χ0n) is 10.7. The number of carbonyl (C=O) groups excluding carboxylic acids is 1. The molecule has 100 valence electrons. The van der Waals surface area contributed by atoms with Gasteiger partial charge in [-0.05, 0) is 24.1 Å². The average molecular weight is 251 g/mol. The molecule has 18 heavy (non-hydrogen) atoms. The van der Waals surface area contributed by atoms with E-state index in [2.05, 4.69) is 6.92 Å². The number of hydrogen-bond acceptors (Lipinski definition) is 3. The molecule has 0 spiro atoms. The van der Waals surface area contributed by atoms with E-state index in [0.717, 1.165) is 25.7 Å². The fourth-order valence-corrected chi connectivity index (χ4v) is 2.01. The Kier molecular flexibility index (Phi) is 5.49. The molecule has 0 saturated carbocycles. The first-order valence-corrected chi connectivity index (χ1v) is 6.37. The van der Waals surface area contributed by atoms with Crippen LogP contribution in [-0.4, -0.2) is 16.1 Å². The Morgan fingerprint density at radius 2 is 1.94 bits per heavy atom. The molecular weight excluding hydrogens is 230 g/mol. The SMILES string of the molecule is CCCCCCC(C(N)=O)c1ccc(O)c(O)c1. The molecule has 4 nitrogen and oxygen atoms in total. The van der Waals surface area contributed by atoms with Crippen molar-refractivity contribution in [3.63, 3.8) is 0 Å². The molecular formula is C14H21NO3. The van der Waals surface area contributed by atoms with E-state index < -0.39 is 11.8 Å². The van der Waals surface area contributed by atoms with Gasteiger partial charge in [0.15, 0.2) is 11.5 Å². The standard InChI is InChI=1S/C14H21NO3/c1-2-3-4-5-6-11(14(15)18)10-7-8-12(16)13(17)9-10/h7-9,11,16-17H,2-6H2,1H3,(H2,15,18). The van der Waals surface area contributed by atoms with Gasteiger partial charge in [0.05, 0.1) is 5.92 Å². The molecule has 4 heteroatoms. The lowest BCUT2D eigenvalue weighted by atomic mass is 9.92. The smallest absolute Gasteiger partial charge is 0.224 e. The molecule has 1 aromatic carbocycles. The van der Waals surface area contributed by atoms with Crippen LogP contribution in [0, 0.1) is 0 Å². The molecule has 0 aromatic heterocycles. The first kappa shape index (κ1) is 14.4. The average Bonchev–Trinajstić information content (AvgIpc) is 2.32. The molecule has 0 bridgehead atoms. The number of carbonyl (C=O) groups is 1. The summed E-state index contributed by atoms with van der Waals surface area (Å²) >= 11 is 0. The van der Waals surface area contributed by atoms with Crippen molar-refractivity contribution in [1.82, 2.24) is 0 Å². The van der Waals surface area contributed by atoms with Crippen LogP contribution < -0.4 is 5.73 Å². The van der Waals surface area contributed by atoms with Gasteiger partial charge in [-0.15, -0.1) is 0 Å². The number of nitrogens with two attached hydrogens (primary N) is 1. The highest BCUT2D eigenvalue weighted by Gasteiger charge is 2.18. The molecule has 4 N–H and O–H groups in total. The zero-order chi connectivity index (χ0) is 13.5. The topological polar surface area (TPSA) is 83.6 Å². The van der Waals surface area contributed by atoms with E-state index in [1.165, 1.54) is 12.1 Å². The molecule has 0 radical (unpaired) electrons. The van der Waals surface area contributed by atoms with Crippen LogP contribution in [0.4, 0.5) is 0 Å².